The molecule has 0 aromatic carbocycles. The summed E-state index contributed by atoms with van der Waals surface area (Å²) in [5.74, 6) is 0.254. The lowest BCUT2D eigenvalue weighted by Gasteiger charge is -2.30. The summed E-state index contributed by atoms with van der Waals surface area (Å²) in [6, 6.07) is 1.80. The minimum Gasteiger partial charge on any atom is -0.479 e. The third-order valence-corrected chi connectivity index (χ3v) is 4.45. The topological polar surface area (TPSA) is 115 Å². The smallest absolute Gasteiger partial charge is 0.263 e. The van der Waals surface area contributed by atoms with Gasteiger partial charge in [-0.05, 0) is 6.92 Å². The second kappa shape index (κ2) is 7.27. The third kappa shape index (κ3) is 4.01. The van der Waals surface area contributed by atoms with E-state index in [1.807, 2.05) is 33.8 Å². The number of hydrogen-bond donors (Lipinski definition) is 3. The van der Waals surface area contributed by atoms with E-state index >= 15 is 0 Å². The van der Waals surface area contributed by atoms with E-state index in [4.69, 9.17) is 4.74 Å². The molecular formula is C18H27N7O3. The Labute approximate surface area is 163 Å². The molecule has 2 unspecified atom stereocenters. The van der Waals surface area contributed by atoms with Gasteiger partial charge in [-0.2, -0.15) is 5.10 Å². The molecule has 28 heavy (non-hydrogen) atoms. The van der Waals surface area contributed by atoms with E-state index < -0.39 is 6.29 Å². The van der Waals surface area contributed by atoms with Crippen LogP contribution in [0.4, 0.5) is 5.82 Å². The van der Waals surface area contributed by atoms with Crippen LogP contribution in [0.2, 0.25) is 0 Å². The highest BCUT2D eigenvalue weighted by molar-refractivity contribution is 6.05. The maximum atomic E-state index is 12.8. The number of anilines is 1. The summed E-state index contributed by atoms with van der Waals surface area (Å²) in [7, 11) is 3.17. The van der Waals surface area contributed by atoms with Gasteiger partial charge in [0.1, 0.15) is 11.4 Å². The summed E-state index contributed by atoms with van der Waals surface area (Å²) in [6.07, 6.45) is 1.42. The first-order valence-corrected chi connectivity index (χ1v) is 9.13. The van der Waals surface area contributed by atoms with Gasteiger partial charge in [0.2, 0.25) is 11.8 Å². The van der Waals surface area contributed by atoms with Gasteiger partial charge in [-0.25, -0.2) is 4.68 Å². The molecule has 0 radical (unpaired) electrons. The summed E-state index contributed by atoms with van der Waals surface area (Å²) in [4.78, 5) is 24.8. The van der Waals surface area contributed by atoms with Crippen molar-refractivity contribution < 1.29 is 14.3 Å². The second-order valence-corrected chi connectivity index (χ2v) is 8.03. The lowest BCUT2D eigenvalue weighted by Crippen LogP contribution is -2.52. The van der Waals surface area contributed by atoms with Crippen LogP contribution in [0.15, 0.2) is 12.3 Å². The molecule has 2 atom stereocenters. The molecule has 3 N–H and O–H groups in total. The number of methoxy groups -OCH3 is 1. The highest BCUT2D eigenvalue weighted by Gasteiger charge is 2.30. The molecule has 10 nitrogen and oxygen atoms in total. The van der Waals surface area contributed by atoms with Crippen molar-refractivity contribution in [1.29, 1.82) is 0 Å². The van der Waals surface area contributed by atoms with E-state index in [1.54, 1.807) is 17.9 Å². The maximum absolute atomic E-state index is 12.8. The van der Waals surface area contributed by atoms with Crippen LogP contribution in [-0.2, 0) is 17.3 Å². The van der Waals surface area contributed by atoms with Crippen molar-refractivity contribution in [3.05, 3.63) is 23.5 Å². The maximum Gasteiger partial charge on any atom is 0.263 e. The summed E-state index contributed by atoms with van der Waals surface area (Å²) in [6.45, 7) is 8.03. The molecule has 2 aromatic heterocycles. The van der Waals surface area contributed by atoms with Crippen molar-refractivity contribution in [2.24, 2.45) is 7.05 Å². The van der Waals surface area contributed by atoms with Crippen molar-refractivity contribution in [1.82, 2.24) is 30.2 Å². The summed E-state index contributed by atoms with van der Waals surface area (Å²) >= 11 is 0. The number of amides is 2. The Balaban J connectivity index is 1.95. The number of hydrogen-bond acceptors (Lipinski definition) is 6. The van der Waals surface area contributed by atoms with Gasteiger partial charge in [0.25, 0.3) is 5.91 Å². The number of rotatable bonds is 4. The van der Waals surface area contributed by atoms with Gasteiger partial charge >= 0.3 is 0 Å². The van der Waals surface area contributed by atoms with Gasteiger partial charge < -0.3 is 15.4 Å². The lowest BCUT2D eigenvalue weighted by atomic mass is 9.92. The van der Waals surface area contributed by atoms with Gasteiger partial charge in [-0.1, -0.05) is 20.8 Å². The zero-order valence-electron chi connectivity index (χ0n) is 17.0. The first-order chi connectivity index (χ1) is 13.1. The number of nitrogens with one attached hydrogen (secondary N) is 3. The highest BCUT2D eigenvalue weighted by atomic mass is 16.5. The number of carbonyl (C=O) groups excluding carboxylic acids is 2. The van der Waals surface area contributed by atoms with E-state index in [9.17, 15) is 9.59 Å². The van der Waals surface area contributed by atoms with Crippen LogP contribution in [0.3, 0.4) is 0 Å². The van der Waals surface area contributed by atoms with Crippen LogP contribution < -0.4 is 20.7 Å². The van der Waals surface area contributed by atoms with Crippen molar-refractivity contribution >= 4 is 17.6 Å². The van der Waals surface area contributed by atoms with Gasteiger partial charge in [0.15, 0.2) is 6.29 Å². The molecule has 2 amide bonds. The SMILES string of the molecule is COc1nn(C)cc1C(=O)Nc1cc(C(C)(C)C)nn1C1NC(=O)CC(C)N1. The molecule has 1 aliphatic rings. The summed E-state index contributed by atoms with van der Waals surface area (Å²) in [5.41, 5.74) is 0.861. The minimum absolute atomic E-state index is 0.0111. The fraction of sp³-hybridized carbons (Fsp3) is 0.556. The van der Waals surface area contributed by atoms with Gasteiger partial charge in [-0.15, -0.1) is 5.10 Å². The van der Waals surface area contributed by atoms with Gasteiger partial charge in [-0.3, -0.25) is 19.6 Å². The average Bonchev–Trinajstić information content (AvgIpc) is 3.17. The molecule has 0 bridgehead atoms. The lowest BCUT2D eigenvalue weighted by molar-refractivity contribution is -0.125. The van der Waals surface area contributed by atoms with Crippen LogP contribution >= 0.6 is 0 Å². The van der Waals surface area contributed by atoms with E-state index in [0.717, 1.165) is 5.69 Å². The quantitative estimate of drug-likeness (QED) is 0.722. The zero-order chi connectivity index (χ0) is 20.6. The predicted octanol–water partition coefficient (Wildman–Crippen LogP) is 1.13. The Morgan fingerprint density at radius 3 is 2.68 bits per heavy atom. The number of ether oxygens (including phenoxy) is 1. The largest absolute Gasteiger partial charge is 0.479 e. The number of aryl methyl sites for hydroxylation is 1. The van der Waals surface area contributed by atoms with Crippen LogP contribution in [0.5, 0.6) is 5.88 Å². The Morgan fingerprint density at radius 2 is 2.07 bits per heavy atom. The van der Waals surface area contributed by atoms with Gasteiger partial charge in [0.05, 0.1) is 12.8 Å². The molecule has 0 saturated carbocycles. The monoisotopic (exact) mass is 389 g/mol. The molecule has 0 aliphatic carbocycles. The second-order valence-electron chi connectivity index (χ2n) is 8.03. The molecule has 3 rings (SSSR count). The number of nitrogens with zero attached hydrogens (tertiary/aromatic N) is 4. The Bertz CT molecular complexity index is 894. The van der Waals surface area contributed by atoms with Crippen LogP contribution in [0, 0.1) is 0 Å². The Morgan fingerprint density at radius 1 is 1.36 bits per heavy atom. The molecule has 2 aromatic rings. The third-order valence-electron chi connectivity index (χ3n) is 4.45. The summed E-state index contributed by atoms with van der Waals surface area (Å²) < 4.78 is 8.28. The van der Waals surface area contributed by atoms with Crippen molar-refractivity contribution in [3.63, 3.8) is 0 Å². The first-order valence-electron chi connectivity index (χ1n) is 9.13. The number of carbonyl (C=O) groups is 2. The fourth-order valence-corrected chi connectivity index (χ4v) is 3.00. The fourth-order valence-electron chi connectivity index (χ4n) is 3.00. The molecule has 0 spiro atoms. The van der Waals surface area contributed by atoms with Crippen molar-refractivity contribution in [3.8, 4) is 5.88 Å². The van der Waals surface area contributed by atoms with Crippen molar-refractivity contribution in [2.75, 3.05) is 12.4 Å². The molecular weight excluding hydrogens is 362 g/mol. The molecule has 1 aliphatic heterocycles. The van der Waals surface area contributed by atoms with Crippen molar-refractivity contribution in [2.45, 2.75) is 51.9 Å². The predicted molar refractivity (Wildman–Crippen MR) is 103 cm³/mol. The van der Waals surface area contributed by atoms with E-state index in [2.05, 4.69) is 26.1 Å². The zero-order valence-corrected chi connectivity index (χ0v) is 17.0. The standard InChI is InChI=1S/C18H27N7O3/c1-10-7-14(26)21-17(19-10)25-13(8-12(22-25)18(2,3)4)20-15(27)11-9-24(5)23-16(11)28-6/h8-10,17,19H,7H2,1-6H3,(H,20,27)(H,21,26). The summed E-state index contributed by atoms with van der Waals surface area (Å²) in [5, 5.41) is 17.8. The number of aromatic nitrogens is 4. The van der Waals surface area contributed by atoms with Gasteiger partial charge in [0, 0.05) is 37.2 Å². The average molecular weight is 389 g/mol. The minimum atomic E-state index is -0.557. The van der Waals surface area contributed by atoms with Crippen LogP contribution in [0.1, 0.15) is 56.5 Å². The van der Waals surface area contributed by atoms with Crippen LogP contribution in [0.25, 0.3) is 0 Å². The Hall–Kier alpha value is -2.88. The molecule has 10 heteroatoms. The highest BCUT2D eigenvalue weighted by Crippen LogP contribution is 2.27. The van der Waals surface area contributed by atoms with E-state index in [-0.39, 0.29) is 29.2 Å². The van der Waals surface area contributed by atoms with E-state index in [1.165, 1.54) is 11.8 Å². The molecule has 1 fully saturated rings. The first kappa shape index (κ1) is 19.9. The van der Waals surface area contributed by atoms with E-state index in [0.29, 0.717) is 17.8 Å². The Kier molecular flexibility index (Phi) is 5.16. The molecule has 152 valence electrons. The molecule has 3 heterocycles. The molecule has 1 saturated heterocycles. The normalized spacial score (nSPS) is 20.0. The van der Waals surface area contributed by atoms with Crippen LogP contribution in [-0.4, -0.2) is 44.5 Å².